The van der Waals surface area contributed by atoms with E-state index in [2.05, 4.69) is 20.0 Å². The van der Waals surface area contributed by atoms with Gasteiger partial charge in [0, 0.05) is 17.7 Å². The number of alkyl halides is 3. The zero-order chi connectivity index (χ0) is 24.0. The van der Waals surface area contributed by atoms with Crippen LogP contribution in [0.1, 0.15) is 68.3 Å². The predicted octanol–water partition coefficient (Wildman–Crippen LogP) is 4.55. The van der Waals surface area contributed by atoms with E-state index in [0.29, 0.717) is 12.1 Å². The van der Waals surface area contributed by atoms with Crippen LogP contribution in [0.2, 0.25) is 0 Å². The summed E-state index contributed by atoms with van der Waals surface area (Å²) < 4.78 is 48.0. The molecular formula is C22H25F3N4O4. The first kappa shape index (κ1) is 23.1. The molecule has 1 aromatic carbocycles. The molecule has 0 saturated heterocycles. The van der Waals surface area contributed by atoms with Gasteiger partial charge in [0.25, 0.3) is 5.91 Å². The van der Waals surface area contributed by atoms with E-state index in [1.165, 1.54) is 6.07 Å². The normalized spacial score (nSPS) is 21.2. The second kappa shape index (κ2) is 8.35. The Balaban J connectivity index is 1.53. The summed E-state index contributed by atoms with van der Waals surface area (Å²) in [5.74, 6) is -1.92. The van der Waals surface area contributed by atoms with Crippen molar-refractivity contribution in [2.24, 2.45) is 0 Å². The van der Waals surface area contributed by atoms with E-state index >= 15 is 0 Å². The van der Waals surface area contributed by atoms with Gasteiger partial charge >= 0.3 is 18.2 Å². The molecule has 1 N–H and O–H groups in total. The third-order valence-electron chi connectivity index (χ3n) is 5.70. The molecule has 2 aromatic rings. The Labute approximate surface area is 188 Å². The van der Waals surface area contributed by atoms with Gasteiger partial charge in [0.2, 0.25) is 5.82 Å². The van der Waals surface area contributed by atoms with E-state index in [-0.39, 0.29) is 29.4 Å². The van der Waals surface area contributed by atoms with Crippen LogP contribution in [-0.2, 0) is 17.5 Å². The van der Waals surface area contributed by atoms with Gasteiger partial charge in [-0.25, -0.2) is 4.79 Å². The summed E-state index contributed by atoms with van der Waals surface area (Å²) in [6.45, 7) is 5.70. The second-order valence-electron chi connectivity index (χ2n) is 9.33. The number of nitrogens with zero attached hydrogens (tertiary/aromatic N) is 3. The number of nitrogens with one attached hydrogen (secondary N) is 1. The third-order valence-corrected chi connectivity index (χ3v) is 5.70. The molecule has 4 rings (SSSR count). The number of carbonyl (C=O) groups excluding carboxylic acids is 2. The van der Waals surface area contributed by atoms with E-state index in [1.807, 2.05) is 0 Å². The van der Waals surface area contributed by atoms with Crippen molar-refractivity contribution in [2.75, 3.05) is 0 Å². The molecule has 1 aliphatic carbocycles. The lowest BCUT2D eigenvalue weighted by Gasteiger charge is -2.38. The highest BCUT2D eigenvalue weighted by Gasteiger charge is 2.40. The number of amides is 2. The van der Waals surface area contributed by atoms with Crippen LogP contribution < -0.4 is 5.32 Å². The first-order valence-corrected chi connectivity index (χ1v) is 10.8. The molecule has 8 nitrogen and oxygen atoms in total. The number of hydrogen-bond acceptors (Lipinski definition) is 6. The molecule has 2 aliphatic rings. The van der Waals surface area contributed by atoms with Crippen LogP contribution in [0.5, 0.6) is 0 Å². The Morgan fingerprint density at radius 3 is 2.61 bits per heavy atom. The summed E-state index contributed by atoms with van der Waals surface area (Å²) in [4.78, 5) is 30.7. The highest BCUT2D eigenvalue weighted by atomic mass is 19.4. The number of carbonyl (C=O) groups is 2. The van der Waals surface area contributed by atoms with E-state index in [4.69, 9.17) is 4.74 Å². The van der Waals surface area contributed by atoms with Gasteiger partial charge in [-0.2, -0.15) is 18.2 Å². The Morgan fingerprint density at radius 2 is 1.94 bits per heavy atom. The number of alkyl carbamates (subject to hydrolysis) is 1. The number of hydrogen-bond donors (Lipinski definition) is 1. The molecule has 0 bridgehead atoms. The molecule has 11 heteroatoms. The molecule has 2 atom stereocenters. The molecule has 1 aromatic heterocycles. The molecule has 2 heterocycles. The second-order valence-corrected chi connectivity index (χ2v) is 9.33. The first-order valence-electron chi connectivity index (χ1n) is 10.8. The van der Waals surface area contributed by atoms with Crippen LogP contribution in [0.3, 0.4) is 0 Å². The summed E-state index contributed by atoms with van der Waals surface area (Å²) in [5, 5.41) is 6.30. The maximum atomic E-state index is 13.2. The summed E-state index contributed by atoms with van der Waals surface area (Å²) >= 11 is 0. The molecule has 1 aliphatic heterocycles. The topological polar surface area (TPSA) is 97.6 Å². The van der Waals surface area contributed by atoms with Crippen molar-refractivity contribution in [1.29, 1.82) is 0 Å². The molecule has 0 unspecified atom stereocenters. The third kappa shape index (κ3) is 4.96. The van der Waals surface area contributed by atoms with Gasteiger partial charge in [0.15, 0.2) is 0 Å². The summed E-state index contributed by atoms with van der Waals surface area (Å²) in [6, 6.07) is 4.28. The van der Waals surface area contributed by atoms with Crippen molar-refractivity contribution in [1.82, 2.24) is 20.4 Å². The Morgan fingerprint density at radius 1 is 1.21 bits per heavy atom. The van der Waals surface area contributed by atoms with Crippen LogP contribution in [0.4, 0.5) is 18.0 Å². The van der Waals surface area contributed by atoms with Gasteiger partial charge in [-0.05, 0) is 45.2 Å². The Bertz CT molecular complexity index is 1060. The van der Waals surface area contributed by atoms with Crippen molar-refractivity contribution in [3.8, 4) is 11.4 Å². The average Bonchev–Trinajstić information content (AvgIpc) is 3.32. The van der Waals surface area contributed by atoms with Crippen molar-refractivity contribution in [2.45, 2.75) is 76.9 Å². The quantitative estimate of drug-likeness (QED) is 0.713. The zero-order valence-electron chi connectivity index (χ0n) is 18.5. The van der Waals surface area contributed by atoms with Gasteiger partial charge in [-0.3, -0.25) is 4.79 Å². The lowest BCUT2D eigenvalue weighted by molar-refractivity contribution is -0.159. The first-order chi connectivity index (χ1) is 15.4. The maximum absolute atomic E-state index is 13.2. The number of fused-ring (bicyclic) bond motifs is 1. The molecule has 2 amide bonds. The predicted molar refractivity (Wildman–Crippen MR) is 110 cm³/mol. The lowest BCUT2D eigenvalue weighted by atomic mass is 9.89. The van der Waals surface area contributed by atoms with Gasteiger partial charge in [0.1, 0.15) is 5.60 Å². The van der Waals surface area contributed by atoms with Gasteiger partial charge in [0.05, 0.1) is 12.1 Å². The minimum Gasteiger partial charge on any atom is -0.444 e. The van der Waals surface area contributed by atoms with Crippen molar-refractivity contribution < 1.29 is 32.0 Å². The molecular weight excluding hydrogens is 441 g/mol. The van der Waals surface area contributed by atoms with Crippen LogP contribution in [0.15, 0.2) is 22.7 Å². The fourth-order valence-electron chi connectivity index (χ4n) is 4.30. The maximum Gasteiger partial charge on any atom is 0.471 e. The zero-order valence-corrected chi connectivity index (χ0v) is 18.5. The SMILES string of the molecule is CC(C)(C)OC(=O)N[C@H]1CCCC[C@H]1N1Cc2ccc(-c3noc(C(F)(F)F)n3)cc2C1=O. The van der Waals surface area contributed by atoms with E-state index in [0.717, 1.165) is 31.2 Å². The van der Waals surface area contributed by atoms with E-state index in [1.54, 1.807) is 37.8 Å². The fourth-order valence-corrected chi connectivity index (χ4v) is 4.30. The molecule has 0 spiro atoms. The molecule has 178 valence electrons. The Kier molecular flexibility index (Phi) is 5.83. The number of rotatable bonds is 3. The van der Waals surface area contributed by atoms with Crippen LogP contribution >= 0.6 is 0 Å². The number of benzene rings is 1. The fraction of sp³-hybridized carbons (Fsp3) is 0.545. The van der Waals surface area contributed by atoms with Crippen molar-refractivity contribution in [3.63, 3.8) is 0 Å². The minimum atomic E-state index is -4.74. The molecule has 1 fully saturated rings. The van der Waals surface area contributed by atoms with E-state index < -0.39 is 23.8 Å². The standard InChI is InChI=1S/C22H25F3N4O4/c1-21(2,3)32-20(31)26-15-6-4-5-7-16(15)29-11-13-9-8-12(10-14(13)18(29)30)17-27-19(33-28-17)22(23,24)25/h8-10,15-16H,4-7,11H2,1-3H3,(H,26,31)/t15-,16+/m0/s1. The molecule has 0 radical (unpaired) electrons. The smallest absolute Gasteiger partial charge is 0.444 e. The van der Waals surface area contributed by atoms with Gasteiger partial charge in [-0.1, -0.05) is 30.1 Å². The monoisotopic (exact) mass is 466 g/mol. The van der Waals surface area contributed by atoms with Crippen molar-refractivity contribution >= 4 is 12.0 Å². The lowest BCUT2D eigenvalue weighted by Crippen LogP contribution is -2.54. The molecule has 1 saturated carbocycles. The van der Waals surface area contributed by atoms with Crippen LogP contribution in [-0.4, -0.2) is 44.7 Å². The number of ether oxygens (including phenoxy) is 1. The summed E-state index contributed by atoms with van der Waals surface area (Å²) in [5.41, 5.74) is 0.762. The highest BCUT2D eigenvalue weighted by molar-refractivity contribution is 5.99. The summed E-state index contributed by atoms with van der Waals surface area (Å²) in [7, 11) is 0. The summed E-state index contributed by atoms with van der Waals surface area (Å²) in [6.07, 6.45) is -1.97. The van der Waals surface area contributed by atoms with E-state index in [9.17, 15) is 22.8 Å². The largest absolute Gasteiger partial charge is 0.471 e. The number of halogens is 3. The Hall–Kier alpha value is -3.11. The minimum absolute atomic E-state index is 0.211. The highest BCUT2D eigenvalue weighted by Crippen LogP contribution is 2.34. The van der Waals surface area contributed by atoms with Gasteiger partial charge < -0.3 is 19.5 Å². The van der Waals surface area contributed by atoms with Gasteiger partial charge in [-0.15, -0.1) is 0 Å². The number of aromatic nitrogens is 2. The van der Waals surface area contributed by atoms with Crippen LogP contribution in [0.25, 0.3) is 11.4 Å². The van der Waals surface area contributed by atoms with Crippen molar-refractivity contribution in [3.05, 3.63) is 35.2 Å². The van der Waals surface area contributed by atoms with Crippen LogP contribution in [0, 0.1) is 0 Å². The molecule has 33 heavy (non-hydrogen) atoms. The average molecular weight is 466 g/mol.